The number of carboxylic acids is 1. The van der Waals surface area contributed by atoms with Crippen LogP contribution in [0.15, 0.2) is 12.2 Å². The first-order valence-electron chi connectivity index (χ1n) is 1.53. The number of hydrogen-bond acceptors (Lipinski definition) is 1. The molecular weight excluding hydrogens is 128 g/mol. The Morgan fingerprint density at radius 3 is 1.56 bits per heavy atom. The molecule has 0 unspecified atom stereocenters. The summed E-state index contributed by atoms with van der Waals surface area (Å²) < 4.78 is 0. The van der Waals surface area contributed by atoms with Crippen LogP contribution < -0.4 is 0 Å². The molecule has 0 amide bonds. The monoisotopic (exact) mass is 140 g/mol. The van der Waals surface area contributed by atoms with Crippen LogP contribution in [-0.4, -0.2) is 34.1 Å². The largest absolute Gasteiger partial charge is 2.00 e. The van der Waals surface area contributed by atoms with Gasteiger partial charge in [-0.2, -0.15) is 0 Å². The van der Waals surface area contributed by atoms with Crippen LogP contribution in [0.1, 0.15) is 6.92 Å². The predicted octanol–water partition coefficient (Wildman–Crippen LogP) is 1.17. The zero-order valence-electron chi connectivity index (χ0n) is 6.27. The van der Waals surface area contributed by atoms with E-state index >= 15 is 0 Å². The standard InChI is InChI=1S/C4H6O2.2CH3.Mg/c1-3(2)4(5)6;;;/h1H2,2H3,(H,5,6);2*1H3;/q;2*-1;+2. The molecule has 3 heteroatoms. The Morgan fingerprint density at radius 2 is 1.56 bits per heavy atom. The summed E-state index contributed by atoms with van der Waals surface area (Å²) in [6.07, 6.45) is 0. The molecule has 1 N–H and O–H groups in total. The number of carbonyl (C=O) groups is 1. The molecule has 0 saturated heterocycles. The van der Waals surface area contributed by atoms with Crippen molar-refractivity contribution < 1.29 is 9.90 Å². The fourth-order valence-electron chi connectivity index (χ4n) is 0. The average Bonchev–Trinajstić information content (AvgIpc) is 1.36. The van der Waals surface area contributed by atoms with Crippen molar-refractivity contribution in [2.24, 2.45) is 0 Å². The molecule has 0 rings (SSSR count). The smallest absolute Gasteiger partial charge is 0.478 e. The van der Waals surface area contributed by atoms with E-state index in [0.717, 1.165) is 0 Å². The Labute approximate surface area is 73.1 Å². The van der Waals surface area contributed by atoms with Gasteiger partial charge in [-0.1, -0.05) is 6.58 Å². The van der Waals surface area contributed by atoms with E-state index in [1.54, 1.807) is 0 Å². The Kier molecular flexibility index (Phi) is 27.9. The molecule has 0 heterocycles. The van der Waals surface area contributed by atoms with Gasteiger partial charge in [-0.15, -0.1) is 0 Å². The summed E-state index contributed by atoms with van der Waals surface area (Å²) >= 11 is 0. The first-order valence-corrected chi connectivity index (χ1v) is 1.53. The Balaban J connectivity index is -0.0000000417. The van der Waals surface area contributed by atoms with Gasteiger partial charge in [0.15, 0.2) is 0 Å². The van der Waals surface area contributed by atoms with Crippen LogP contribution in [0.3, 0.4) is 0 Å². The molecule has 0 bridgehead atoms. The van der Waals surface area contributed by atoms with Crippen LogP contribution in [0.5, 0.6) is 0 Å². The molecule has 0 saturated carbocycles. The number of hydrogen-bond donors (Lipinski definition) is 1. The van der Waals surface area contributed by atoms with Gasteiger partial charge in [0, 0.05) is 5.57 Å². The molecule has 0 aliphatic carbocycles. The third-order valence-electron chi connectivity index (χ3n) is 0.365. The summed E-state index contributed by atoms with van der Waals surface area (Å²) in [6, 6.07) is 0. The van der Waals surface area contributed by atoms with Crippen molar-refractivity contribution >= 4 is 29.0 Å². The molecule has 0 aromatic rings. The number of aliphatic carboxylic acids is 1. The SMILES string of the molecule is C=C(C)C(=O)O.[CH3-].[CH3-].[Mg+2]. The number of rotatable bonds is 1. The quantitative estimate of drug-likeness (QED) is 0.337. The molecule has 0 fully saturated rings. The minimum Gasteiger partial charge on any atom is -0.478 e. The van der Waals surface area contributed by atoms with E-state index in [1.807, 2.05) is 0 Å². The summed E-state index contributed by atoms with van der Waals surface area (Å²) in [4.78, 5) is 9.60. The van der Waals surface area contributed by atoms with E-state index in [2.05, 4.69) is 6.58 Å². The van der Waals surface area contributed by atoms with Crippen molar-refractivity contribution in [1.82, 2.24) is 0 Å². The predicted molar refractivity (Wildman–Crippen MR) is 41.0 cm³/mol. The van der Waals surface area contributed by atoms with Crippen LogP contribution in [0.2, 0.25) is 0 Å². The molecule has 0 atom stereocenters. The fraction of sp³-hybridized carbons (Fsp3) is 0.167. The van der Waals surface area contributed by atoms with E-state index < -0.39 is 5.97 Å². The van der Waals surface area contributed by atoms with E-state index in [0.29, 0.717) is 0 Å². The van der Waals surface area contributed by atoms with Crippen LogP contribution >= 0.6 is 0 Å². The van der Waals surface area contributed by atoms with Crippen molar-refractivity contribution in [2.75, 3.05) is 0 Å². The van der Waals surface area contributed by atoms with Crippen molar-refractivity contribution in [1.29, 1.82) is 0 Å². The normalized spacial score (nSPS) is 5.00. The van der Waals surface area contributed by atoms with E-state index in [4.69, 9.17) is 5.11 Å². The molecule has 50 valence electrons. The molecule has 2 nitrogen and oxygen atoms in total. The van der Waals surface area contributed by atoms with Crippen molar-refractivity contribution in [3.8, 4) is 0 Å². The van der Waals surface area contributed by atoms with Crippen LogP contribution in [0.4, 0.5) is 0 Å². The molecule has 0 aliphatic rings. The van der Waals surface area contributed by atoms with Gasteiger partial charge in [0.1, 0.15) is 0 Å². The Morgan fingerprint density at radius 1 is 1.44 bits per heavy atom. The first kappa shape index (κ1) is 23.1. The summed E-state index contributed by atoms with van der Waals surface area (Å²) in [5, 5.41) is 7.89. The van der Waals surface area contributed by atoms with Gasteiger partial charge >= 0.3 is 29.0 Å². The van der Waals surface area contributed by atoms with Gasteiger partial charge < -0.3 is 20.0 Å². The van der Waals surface area contributed by atoms with Gasteiger partial charge in [-0.25, -0.2) is 4.79 Å². The topological polar surface area (TPSA) is 37.3 Å². The fourth-order valence-corrected chi connectivity index (χ4v) is 0. The minimum absolute atomic E-state index is 0. The zero-order chi connectivity index (χ0) is 5.15. The van der Waals surface area contributed by atoms with Gasteiger partial charge in [0.2, 0.25) is 0 Å². The molecule has 0 radical (unpaired) electrons. The molecular formula is C6H12MgO2. The molecule has 0 aromatic heterocycles. The summed E-state index contributed by atoms with van der Waals surface area (Å²) in [5.74, 6) is -0.935. The Bertz CT molecular complexity index is 77.1. The van der Waals surface area contributed by atoms with Crippen molar-refractivity contribution in [3.05, 3.63) is 27.0 Å². The van der Waals surface area contributed by atoms with E-state index in [9.17, 15) is 4.79 Å². The van der Waals surface area contributed by atoms with Crippen LogP contribution in [0.25, 0.3) is 0 Å². The maximum Gasteiger partial charge on any atom is 2.00 e. The summed E-state index contributed by atoms with van der Waals surface area (Å²) in [5.41, 5.74) is 0.176. The minimum atomic E-state index is -0.935. The van der Waals surface area contributed by atoms with Gasteiger partial charge in [0.05, 0.1) is 0 Å². The Hall–Kier alpha value is -0.0238. The van der Waals surface area contributed by atoms with Crippen LogP contribution in [0, 0.1) is 14.9 Å². The molecule has 0 aliphatic heterocycles. The van der Waals surface area contributed by atoms with Gasteiger partial charge in [-0.05, 0) is 6.92 Å². The molecule has 9 heavy (non-hydrogen) atoms. The van der Waals surface area contributed by atoms with Crippen molar-refractivity contribution in [3.63, 3.8) is 0 Å². The maximum absolute atomic E-state index is 9.60. The van der Waals surface area contributed by atoms with Crippen LogP contribution in [-0.2, 0) is 4.79 Å². The third-order valence-corrected chi connectivity index (χ3v) is 0.365. The second kappa shape index (κ2) is 10.9. The summed E-state index contributed by atoms with van der Waals surface area (Å²) in [6.45, 7) is 4.60. The zero-order valence-corrected chi connectivity index (χ0v) is 7.68. The number of carboxylic acid groups (broad SMARTS) is 1. The van der Waals surface area contributed by atoms with Crippen molar-refractivity contribution in [2.45, 2.75) is 6.92 Å². The molecule has 0 aromatic carbocycles. The maximum atomic E-state index is 9.60. The summed E-state index contributed by atoms with van der Waals surface area (Å²) in [7, 11) is 0. The second-order valence-corrected chi connectivity index (χ2v) is 1.09. The second-order valence-electron chi connectivity index (χ2n) is 1.09. The molecule has 0 spiro atoms. The van der Waals surface area contributed by atoms with Gasteiger partial charge in [0.25, 0.3) is 0 Å². The first-order chi connectivity index (χ1) is 2.64. The third kappa shape index (κ3) is 18.0. The van der Waals surface area contributed by atoms with E-state index in [-0.39, 0.29) is 43.5 Å². The van der Waals surface area contributed by atoms with E-state index in [1.165, 1.54) is 6.92 Å². The van der Waals surface area contributed by atoms with Gasteiger partial charge in [-0.3, -0.25) is 0 Å². The average molecular weight is 140 g/mol.